The number of nitrogens with zero attached hydrogens (tertiary/aromatic N) is 1. The molecule has 3 atom stereocenters. The number of pyridine rings is 1. The summed E-state index contributed by atoms with van der Waals surface area (Å²) in [6.45, 7) is 8.33. The number of ether oxygens (including phenoxy) is 1. The molecule has 1 aromatic heterocycles. The van der Waals surface area contributed by atoms with Gasteiger partial charge in [-0.1, -0.05) is 6.92 Å². The highest BCUT2D eigenvalue weighted by molar-refractivity contribution is 7.99. The molecule has 0 saturated carbocycles. The van der Waals surface area contributed by atoms with Gasteiger partial charge in [-0.2, -0.15) is 0 Å². The Bertz CT molecular complexity index is 386. The summed E-state index contributed by atoms with van der Waals surface area (Å²) in [6, 6.07) is 4.67. The molecule has 0 amide bonds. The summed E-state index contributed by atoms with van der Waals surface area (Å²) < 4.78 is 5.59. The number of nitrogens with one attached hydrogen (secondary N) is 1. The maximum atomic E-state index is 5.59. The van der Waals surface area contributed by atoms with Crippen molar-refractivity contribution in [1.29, 1.82) is 0 Å². The average Bonchev–Trinajstić information content (AvgIpc) is 2.76. The molecule has 0 radical (unpaired) electrons. The molecule has 100 valence electrons. The Hall–Kier alpha value is -0.580. The van der Waals surface area contributed by atoms with Crippen LogP contribution in [0.5, 0.6) is 0 Å². The van der Waals surface area contributed by atoms with Gasteiger partial charge in [0, 0.05) is 24.1 Å². The van der Waals surface area contributed by atoms with Gasteiger partial charge in [0.25, 0.3) is 0 Å². The Morgan fingerprint density at radius 2 is 2.44 bits per heavy atom. The molecule has 1 aromatic rings. The van der Waals surface area contributed by atoms with Gasteiger partial charge in [-0.3, -0.25) is 0 Å². The Morgan fingerprint density at radius 1 is 1.61 bits per heavy atom. The Labute approximate surface area is 114 Å². The molecule has 18 heavy (non-hydrogen) atoms. The standard InChI is InChI=1S/C14H22N2OS/c1-4-15-10(2)12-5-7-16-14(9-12)18-13-6-8-17-11(13)3/h5,7,9-11,13,15H,4,6,8H2,1-3H3. The number of hydrogen-bond donors (Lipinski definition) is 1. The van der Waals surface area contributed by atoms with Crippen molar-refractivity contribution in [2.24, 2.45) is 0 Å². The van der Waals surface area contributed by atoms with Crippen LogP contribution in [-0.2, 0) is 4.74 Å². The Morgan fingerprint density at radius 3 is 3.11 bits per heavy atom. The Balaban J connectivity index is 2.02. The van der Waals surface area contributed by atoms with Crippen LogP contribution in [0.25, 0.3) is 0 Å². The van der Waals surface area contributed by atoms with Gasteiger partial charge in [0.15, 0.2) is 0 Å². The van der Waals surface area contributed by atoms with Crippen molar-refractivity contribution < 1.29 is 4.74 Å². The average molecular weight is 266 g/mol. The van der Waals surface area contributed by atoms with Crippen LogP contribution in [-0.4, -0.2) is 29.5 Å². The molecule has 1 N–H and O–H groups in total. The van der Waals surface area contributed by atoms with Crippen LogP contribution < -0.4 is 5.32 Å². The molecule has 0 aliphatic carbocycles. The molecular weight excluding hydrogens is 244 g/mol. The van der Waals surface area contributed by atoms with E-state index < -0.39 is 0 Å². The summed E-state index contributed by atoms with van der Waals surface area (Å²) in [5, 5.41) is 5.08. The normalized spacial score (nSPS) is 25.3. The lowest BCUT2D eigenvalue weighted by molar-refractivity contribution is 0.127. The van der Waals surface area contributed by atoms with E-state index in [2.05, 4.69) is 43.2 Å². The lowest BCUT2D eigenvalue weighted by Gasteiger charge is -2.16. The van der Waals surface area contributed by atoms with Crippen LogP contribution >= 0.6 is 11.8 Å². The van der Waals surface area contributed by atoms with Crippen LogP contribution in [0.2, 0.25) is 0 Å². The quantitative estimate of drug-likeness (QED) is 0.888. The third kappa shape index (κ3) is 3.46. The van der Waals surface area contributed by atoms with E-state index in [9.17, 15) is 0 Å². The van der Waals surface area contributed by atoms with Crippen molar-refractivity contribution in [1.82, 2.24) is 10.3 Å². The van der Waals surface area contributed by atoms with Gasteiger partial charge in [0.1, 0.15) is 0 Å². The molecule has 1 aliphatic rings. The van der Waals surface area contributed by atoms with Crippen LogP contribution in [0.15, 0.2) is 23.4 Å². The molecule has 2 rings (SSSR count). The lowest BCUT2D eigenvalue weighted by atomic mass is 10.1. The smallest absolute Gasteiger partial charge is 0.0966 e. The molecule has 0 bridgehead atoms. The van der Waals surface area contributed by atoms with Gasteiger partial charge >= 0.3 is 0 Å². The molecule has 1 fully saturated rings. The van der Waals surface area contributed by atoms with E-state index in [1.807, 2.05) is 18.0 Å². The van der Waals surface area contributed by atoms with Crippen LogP contribution in [0.3, 0.4) is 0 Å². The fraction of sp³-hybridized carbons (Fsp3) is 0.643. The number of thioether (sulfide) groups is 1. The molecule has 3 nitrogen and oxygen atoms in total. The first-order valence-electron chi connectivity index (χ1n) is 6.68. The molecule has 0 aromatic carbocycles. The summed E-state index contributed by atoms with van der Waals surface area (Å²) in [6.07, 6.45) is 3.37. The first kappa shape index (κ1) is 13.8. The van der Waals surface area contributed by atoms with E-state index in [1.165, 1.54) is 5.56 Å². The van der Waals surface area contributed by atoms with E-state index in [0.717, 1.165) is 24.6 Å². The third-order valence-electron chi connectivity index (χ3n) is 3.35. The zero-order chi connectivity index (χ0) is 13.0. The highest BCUT2D eigenvalue weighted by Gasteiger charge is 2.25. The maximum Gasteiger partial charge on any atom is 0.0966 e. The van der Waals surface area contributed by atoms with E-state index >= 15 is 0 Å². The van der Waals surface area contributed by atoms with Gasteiger partial charge in [-0.25, -0.2) is 4.98 Å². The van der Waals surface area contributed by atoms with Crippen molar-refractivity contribution in [3.63, 3.8) is 0 Å². The lowest BCUT2D eigenvalue weighted by Crippen LogP contribution is -2.18. The molecule has 1 aliphatic heterocycles. The topological polar surface area (TPSA) is 34.2 Å². The first-order valence-corrected chi connectivity index (χ1v) is 7.56. The van der Waals surface area contributed by atoms with Gasteiger partial charge in [0.2, 0.25) is 0 Å². The van der Waals surface area contributed by atoms with Crippen LogP contribution in [0.1, 0.15) is 38.8 Å². The van der Waals surface area contributed by atoms with Crippen molar-refractivity contribution in [3.05, 3.63) is 23.9 Å². The molecule has 0 spiro atoms. The van der Waals surface area contributed by atoms with Crippen molar-refractivity contribution in [2.75, 3.05) is 13.2 Å². The SMILES string of the molecule is CCNC(C)c1ccnc(SC2CCOC2C)c1. The predicted molar refractivity (Wildman–Crippen MR) is 76.0 cm³/mol. The van der Waals surface area contributed by atoms with Gasteiger partial charge in [-0.15, -0.1) is 11.8 Å². The minimum absolute atomic E-state index is 0.339. The third-order valence-corrected chi connectivity index (χ3v) is 4.73. The molecular formula is C14H22N2OS. The van der Waals surface area contributed by atoms with E-state index in [1.54, 1.807) is 0 Å². The number of hydrogen-bond acceptors (Lipinski definition) is 4. The minimum atomic E-state index is 0.339. The molecule has 4 heteroatoms. The second kappa shape index (κ2) is 6.55. The largest absolute Gasteiger partial charge is 0.377 e. The van der Waals surface area contributed by atoms with Crippen molar-refractivity contribution in [3.8, 4) is 0 Å². The minimum Gasteiger partial charge on any atom is -0.377 e. The van der Waals surface area contributed by atoms with Crippen molar-refractivity contribution in [2.45, 2.75) is 49.6 Å². The summed E-state index contributed by atoms with van der Waals surface area (Å²) in [7, 11) is 0. The molecule has 2 heterocycles. The summed E-state index contributed by atoms with van der Waals surface area (Å²) in [5.41, 5.74) is 1.31. The second-order valence-corrected chi connectivity index (χ2v) is 5.99. The fourth-order valence-electron chi connectivity index (χ4n) is 2.20. The number of aromatic nitrogens is 1. The fourth-order valence-corrected chi connectivity index (χ4v) is 3.32. The van der Waals surface area contributed by atoms with E-state index in [4.69, 9.17) is 4.74 Å². The molecule has 1 saturated heterocycles. The van der Waals surface area contributed by atoms with Gasteiger partial charge in [0.05, 0.1) is 11.1 Å². The van der Waals surface area contributed by atoms with Crippen molar-refractivity contribution >= 4 is 11.8 Å². The zero-order valence-electron chi connectivity index (χ0n) is 11.3. The first-order chi connectivity index (χ1) is 8.70. The summed E-state index contributed by atoms with van der Waals surface area (Å²) in [5.74, 6) is 0. The Kier molecular flexibility index (Phi) is 5.03. The number of rotatable bonds is 5. The predicted octanol–water partition coefficient (Wildman–Crippen LogP) is 3.02. The van der Waals surface area contributed by atoms with Crippen LogP contribution in [0, 0.1) is 0 Å². The maximum absolute atomic E-state index is 5.59. The van der Waals surface area contributed by atoms with E-state index in [-0.39, 0.29) is 0 Å². The van der Waals surface area contributed by atoms with E-state index in [0.29, 0.717) is 17.4 Å². The monoisotopic (exact) mass is 266 g/mol. The second-order valence-electron chi connectivity index (χ2n) is 4.73. The molecule has 3 unspecified atom stereocenters. The van der Waals surface area contributed by atoms with Gasteiger partial charge in [-0.05, 0) is 44.5 Å². The zero-order valence-corrected chi connectivity index (χ0v) is 12.2. The summed E-state index contributed by atoms with van der Waals surface area (Å²) in [4.78, 5) is 4.46. The highest BCUT2D eigenvalue weighted by atomic mass is 32.2. The summed E-state index contributed by atoms with van der Waals surface area (Å²) >= 11 is 1.85. The highest BCUT2D eigenvalue weighted by Crippen LogP contribution is 2.32. The van der Waals surface area contributed by atoms with Gasteiger partial charge < -0.3 is 10.1 Å². The van der Waals surface area contributed by atoms with Crippen LogP contribution in [0.4, 0.5) is 0 Å².